The maximum atomic E-state index is 12.4. The number of aryl methyl sites for hydroxylation is 3. The van der Waals surface area contributed by atoms with Crippen LogP contribution in [0.2, 0.25) is 0 Å². The van der Waals surface area contributed by atoms with Crippen molar-refractivity contribution < 1.29 is 0 Å². The van der Waals surface area contributed by atoms with E-state index in [1.54, 1.807) is 29.1 Å². The van der Waals surface area contributed by atoms with E-state index in [2.05, 4.69) is 36.2 Å². The summed E-state index contributed by atoms with van der Waals surface area (Å²) in [7, 11) is 0. The van der Waals surface area contributed by atoms with E-state index in [1.807, 2.05) is 22.9 Å². The highest BCUT2D eigenvalue weighted by Gasteiger charge is 2.08. The highest BCUT2D eigenvalue weighted by molar-refractivity contribution is 5.59. The molecule has 3 heterocycles. The fraction of sp³-hybridized carbons (Fsp3) is 0.190. The van der Waals surface area contributed by atoms with Crippen LogP contribution < -0.4 is 5.56 Å². The lowest BCUT2D eigenvalue weighted by molar-refractivity contribution is 0.653. The second-order valence-electron chi connectivity index (χ2n) is 6.47. The maximum Gasteiger partial charge on any atom is 0.259 e. The van der Waals surface area contributed by atoms with Gasteiger partial charge in [-0.2, -0.15) is 0 Å². The van der Waals surface area contributed by atoms with E-state index >= 15 is 0 Å². The molecule has 0 atom stereocenters. The molecule has 5 nitrogen and oxygen atoms in total. The number of imidazole rings is 1. The first kappa shape index (κ1) is 16.3. The molecule has 0 aliphatic heterocycles. The van der Waals surface area contributed by atoms with Gasteiger partial charge in [0.25, 0.3) is 5.56 Å². The number of fused-ring (bicyclic) bond motifs is 1. The summed E-state index contributed by atoms with van der Waals surface area (Å²) >= 11 is 0. The van der Waals surface area contributed by atoms with Crippen molar-refractivity contribution >= 4 is 5.78 Å². The minimum atomic E-state index is -0.0703. The Morgan fingerprint density at radius 1 is 1.00 bits per heavy atom. The predicted octanol–water partition coefficient (Wildman–Crippen LogP) is 3.50. The minimum absolute atomic E-state index is 0.0703. The number of rotatable bonds is 5. The van der Waals surface area contributed by atoms with Crippen molar-refractivity contribution in [2.75, 3.05) is 0 Å². The van der Waals surface area contributed by atoms with Crippen LogP contribution in [-0.2, 0) is 13.0 Å². The summed E-state index contributed by atoms with van der Waals surface area (Å²) in [4.78, 5) is 21.1. The monoisotopic (exact) mass is 344 g/mol. The van der Waals surface area contributed by atoms with Crippen LogP contribution in [-0.4, -0.2) is 18.9 Å². The van der Waals surface area contributed by atoms with Gasteiger partial charge in [0.1, 0.15) is 0 Å². The van der Waals surface area contributed by atoms with Gasteiger partial charge in [0.2, 0.25) is 5.78 Å². The zero-order chi connectivity index (χ0) is 17.9. The summed E-state index contributed by atoms with van der Waals surface area (Å²) < 4.78 is 3.64. The van der Waals surface area contributed by atoms with Gasteiger partial charge in [0.05, 0.1) is 5.69 Å². The van der Waals surface area contributed by atoms with E-state index in [0.717, 1.165) is 24.9 Å². The van der Waals surface area contributed by atoms with Gasteiger partial charge in [-0.05, 0) is 37.5 Å². The van der Waals surface area contributed by atoms with Crippen LogP contribution in [0.25, 0.3) is 17.0 Å². The number of hydrogen-bond donors (Lipinski definition) is 0. The third-order valence-electron chi connectivity index (χ3n) is 4.55. The first-order chi connectivity index (χ1) is 12.7. The summed E-state index contributed by atoms with van der Waals surface area (Å²) in [5, 5.41) is 0. The number of aromatic nitrogens is 4. The SMILES string of the molecule is Cc1ccc(CCCn2ccn3c(=O)cc(-c4ccncc4)nc23)cc1. The average molecular weight is 344 g/mol. The molecule has 0 N–H and O–H groups in total. The number of hydrogen-bond acceptors (Lipinski definition) is 3. The van der Waals surface area contributed by atoms with Crippen molar-refractivity contribution in [1.29, 1.82) is 0 Å². The first-order valence-corrected chi connectivity index (χ1v) is 8.75. The predicted molar refractivity (Wildman–Crippen MR) is 102 cm³/mol. The Kier molecular flexibility index (Phi) is 4.35. The average Bonchev–Trinajstić information content (AvgIpc) is 3.08. The first-order valence-electron chi connectivity index (χ1n) is 8.75. The van der Waals surface area contributed by atoms with Crippen molar-refractivity contribution in [1.82, 2.24) is 18.9 Å². The molecule has 0 radical (unpaired) electrons. The lowest BCUT2D eigenvalue weighted by Crippen LogP contribution is -2.14. The quantitative estimate of drug-likeness (QED) is 0.557. The van der Waals surface area contributed by atoms with E-state index in [-0.39, 0.29) is 5.56 Å². The Morgan fingerprint density at radius 2 is 1.77 bits per heavy atom. The van der Waals surface area contributed by atoms with Gasteiger partial charge in [-0.25, -0.2) is 4.98 Å². The molecule has 0 fully saturated rings. The van der Waals surface area contributed by atoms with Gasteiger partial charge in [-0.1, -0.05) is 29.8 Å². The van der Waals surface area contributed by atoms with Crippen LogP contribution >= 0.6 is 0 Å². The van der Waals surface area contributed by atoms with Gasteiger partial charge in [-0.3, -0.25) is 14.2 Å². The smallest absolute Gasteiger partial charge is 0.259 e. The molecule has 0 amide bonds. The largest absolute Gasteiger partial charge is 0.317 e. The lowest BCUT2D eigenvalue weighted by Gasteiger charge is -2.07. The molecule has 0 spiro atoms. The van der Waals surface area contributed by atoms with Gasteiger partial charge < -0.3 is 4.57 Å². The second-order valence-corrected chi connectivity index (χ2v) is 6.47. The molecule has 0 bridgehead atoms. The summed E-state index contributed by atoms with van der Waals surface area (Å²) in [6.45, 7) is 2.91. The molecule has 1 aromatic carbocycles. The lowest BCUT2D eigenvalue weighted by atomic mass is 10.1. The maximum absolute atomic E-state index is 12.4. The van der Waals surface area contributed by atoms with Gasteiger partial charge in [0, 0.05) is 43.0 Å². The van der Waals surface area contributed by atoms with E-state index in [0.29, 0.717) is 11.5 Å². The highest BCUT2D eigenvalue weighted by atomic mass is 16.1. The normalized spacial score (nSPS) is 11.1. The molecule has 130 valence electrons. The second kappa shape index (κ2) is 6.96. The molecular formula is C21H20N4O. The van der Waals surface area contributed by atoms with Crippen molar-refractivity contribution in [3.8, 4) is 11.3 Å². The topological polar surface area (TPSA) is 52.2 Å². The summed E-state index contributed by atoms with van der Waals surface area (Å²) in [5.74, 6) is 0.674. The van der Waals surface area contributed by atoms with Gasteiger partial charge in [-0.15, -0.1) is 0 Å². The standard InChI is InChI=1S/C21H20N4O/c1-16-4-6-17(7-5-16)3-2-12-24-13-14-25-20(26)15-19(23-21(24)25)18-8-10-22-11-9-18/h4-11,13-15H,2-3,12H2,1H3. The van der Waals surface area contributed by atoms with E-state index < -0.39 is 0 Å². The van der Waals surface area contributed by atoms with Crippen molar-refractivity contribution in [3.05, 3.63) is 88.7 Å². The Hall–Kier alpha value is -3.21. The van der Waals surface area contributed by atoms with Crippen molar-refractivity contribution in [3.63, 3.8) is 0 Å². The summed E-state index contributed by atoms with van der Waals surface area (Å²) in [6.07, 6.45) is 9.11. The molecule has 26 heavy (non-hydrogen) atoms. The molecule has 3 aromatic heterocycles. The van der Waals surface area contributed by atoms with E-state index in [9.17, 15) is 4.79 Å². The molecule has 0 aliphatic carbocycles. The van der Waals surface area contributed by atoms with Crippen LogP contribution in [0.15, 0.2) is 72.0 Å². The molecule has 0 aliphatic rings. The highest BCUT2D eigenvalue weighted by Crippen LogP contribution is 2.15. The van der Waals surface area contributed by atoms with Crippen LogP contribution in [0.1, 0.15) is 17.5 Å². The molecule has 5 heteroatoms. The third-order valence-corrected chi connectivity index (χ3v) is 4.55. The Labute approximate surface area is 151 Å². The van der Waals surface area contributed by atoms with Crippen LogP contribution in [0.5, 0.6) is 0 Å². The number of benzene rings is 1. The minimum Gasteiger partial charge on any atom is -0.317 e. The molecule has 4 aromatic rings. The van der Waals surface area contributed by atoms with E-state index in [1.165, 1.54) is 11.1 Å². The fourth-order valence-corrected chi connectivity index (χ4v) is 3.09. The van der Waals surface area contributed by atoms with Crippen LogP contribution in [0, 0.1) is 6.92 Å². The Morgan fingerprint density at radius 3 is 2.54 bits per heavy atom. The third kappa shape index (κ3) is 3.28. The van der Waals surface area contributed by atoms with Crippen LogP contribution in [0.3, 0.4) is 0 Å². The van der Waals surface area contributed by atoms with Crippen molar-refractivity contribution in [2.24, 2.45) is 0 Å². The number of nitrogens with zero attached hydrogens (tertiary/aromatic N) is 4. The zero-order valence-corrected chi connectivity index (χ0v) is 14.7. The van der Waals surface area contributed by atoms with Gasteiger partial charge >= 0.3 is 0 Å². The summed E-state index contributed by atoms with van der Waals surface area (Å²) in [6, 6.07) is 13.9. The molecule has 0 unspecified atom stereocenters. The molecule has 4 rings (SSSR count). The Balaban J connectivity index is 1.58. The molecular weight excluding hydrogens is 324 g/mol. The fourth-order valence-electron chi connectivity index (χ4n) is 3.09. The molecule has 0 saturated heterocycles. The Bertz CT molecular complexity index is 1080. The van der Waals surface area contributed by atoms with Crippen LogP contribution in [0.4, 0.5) is 0 Å². The zero-order valence-electron chi connectivity index (χ0n) is 14.7. The summed E-state index contributed by atoms with van der Waals surface area (Å²) in [5.41, 5.74) is 4.11. The molecule has 0 saturated carbocycles. The number of pyridine rings is 1. The van der Waals surface area contributed by atoms with E-state index in [4.69, 9.17) is 4.98 Å². The van der Waals surface area contributed by atoms with Crippen molar-refractivity contribution in [2.45, 2.75) is 26.3 Å². The van der Waals surface area contributed by atoms with Gasteiger partial charge in [0.15, 0.2) is 0 Å².